The van der Waals surface area contributed by atoms with Crippen LogP contribution in [0.3, 0.4) is 0 Å². The van der Waals surface area contributed by atoms with Crippen molar-refractivity contribution in [2.24, 2.45) is 0 Å². The zero-order valence-corrected chi connectivity index (χ0v) is 14.4. The highest BCUT2D eigenvalue weighted by Crippen LogP contribution is 2.23. The average Bonchev–Trinajstić information content (AvgIpc) is 3.20. The number of ether oxygens (including phenoxy) is 1. The number of benzene rings is 1. The molecule has 0 bridgehead atoms. The van der Waals surface area contributed by atoms with Crippen LogP contribution in [-0.4, -0.2) is 26.9 Å². The van der Waals surface area contributed by atoms with Gasteiger partial charge in [-0.15, -0.1) is 11.3 Å². The Balaban J connectivity index is 1.77. The topological polar surface area (TPSA) is 87.3 Å². The van der Waals surface area contributed by atoms with E-state index in [1.165, 1.54) is 29.5 Å². The van der Waals surface area contributed by atoms with E-state index in [1.807, 2.05) is 23.8 Å². The highest BCUT2D eigenvalue weighted by atomic mass is 32.1. The minimum absolute atomic E-state index is 0.0769. The summed E-state index contributed by atoms with van der Waals surface area (Å²) in [5.41, 5.74) is 2.18. The van der Waals surface area contributed by atoms with Crippen LogP contribution in [0.5, 0.6) is 5.75 Å². The zero-order chi connectivity index (χ0) is 18.0. The van der Waals surface area contributed by atoms with Crippen LogP contribution in [-0.2, 0) is 0 Å². The molecule has 128 valence electrons. The third-order valence-electron chi connectivity index (χ3n) is 3.74. The summed E-state index contributed by atoms with van der Waals surface area (Å²) in [6.07, 6.45) is 1.71. The molecule has 8 heteroatoms. The van der Waals surface area contributed by atoms with Crippen molar-refractivity contribution in [2.75, 3.05) is 6.61 Å². The standard InChI is InChI=1S/C17H15N3O4S/c1-11-8-15(12(2)19(11)17-18-6-7-25-17)16(21)10-24-14-5-3-4-13(9-14)20(22)23/h3-9H,10H2,1-2H3. The van der Waals surface area contributed by atoms with Crippen molar-refractivity contribution < 1.29 is 14.5 Å². The van der Waals surface area contributed by atoms with Crippen LogP contribution in [0.4, 0.5) is 5.69 Å². The monoisotopic (exact) mass is 357 g/mol. The third-order valence-corrected chi connectivity index (χ3v) is 4.50. The lowest BCUT2D eigenvalue weighted by Crippen LogP contribution is -2.12. The summed E-state index contributed by atoms with van der Waals surface area (Å²) in [6.45, 7) is 3.57. The van der Waals surface area contributed by atoms with E-state index in [0.29, 0.717) is 5.56 Å². The molecule has 0 fully saturated rings. The fraction of sp³-hybridized carbons (Fsp3) is 0.176. The van der Waals surface area contributed by atoms with Crippen molar-refractivity contribution in [1.29, 1.82) is 0 Å². The van der Waals surface area contributed by atoms with E-state index in [2.05, 4.69) is 4.98 Å². The lowest BCUT2D eigenvalue weighted by Gasteiger charge is -2.07. The summed E-state index contributed by atoms with van der Waals surface area (Å²) in [4.78, 5) is 27.1. The Labute approximate surface area is 147 Å². The van der Waals surface area contributed by atoms with Crippen molar-refractivity contribution in [2.45, 2.75) is 13.8 Å². The Morgan fingerprint density at radius 1 is 1.36 bits per heavy atom. The molecular formula is C17H15N3O4S. The molecule has 0 aliphatic carbocycles. The molecule has 0 saturated heterocycles. The van der Waals surface area contributed by atoms with Crippen LogP contribution in [0.1, 0.15) is 21.7 Å². The molecular weight excluding hydrogens is 342 g/mol. The highest BCUT2D eigenvalue weighted by Gasteiger charge is 2.18. The molecule has 0 unspecified atom stereocenters. The van der Waals surface area contributed by atoms with E-state index in [1.54, 1.807) is 18.3 Å². The first-order valence-electron chi connectivity index (χ1n) is 7.46. The fourth-order valence-electron chi connectivity index (χ4n) is 2.58. The zero-order valence-electron chi connectivity index (χ0n) is 13.6. The average molecular weight is 357 g/mol. The van der Waals surface area contributed by atoms with Crippen LogP contribution in [0, 0.1) is 24.0 Å². The molecule has 2 heterocycles. The summed E-state index contributed by atoms with van der Waals surface area (Å²) in [7, 11) is 0. The van der Waals surface area contributed by atoms with Crippen molar-refractivity contribution >= 4 is 22.8 Å². The van der Waals surface area contributed by atoms with Gasteiger partial charge in [0.1, 0.15) is 5.75 Å². The normalized spacial score (nSPS) is 10.6. The molecule has 0 saturated carbocycles. The number of nitro benzene ring substituents is 1. The van der Waals surface area contributed by atoms with Gasteiger partial charge in [-0.25, -0.2) is 4.98 Å². The number of aromatic nitrogens is 2. The number of aryl methyl sites for hydroxylation is 1. The van der Waals surface area contributed by atoms with Gasteiger partial charge in [0.25, 0.3) is 5.69 Å². The van der Waals surface area contributed by atoms with Gasteiger partial charge in [0.15, 0.2) is 11.7 Å². The minimum Gasteiger partial charge on any atom is -0.485 e. The molecule has 3 aromatic rings. The first-order chi connectivity index (χ1) is 12.0. The van der Waals surface area contributed by atoms with Gasteiger partial charge in [-0.3, -0.25) is 19.5 Å². The van der Waals surface area contributed by atoms with Gasteiger partial charge in [0, 0.05) is 34.6 Å². The van der Waals surface area contributed by atoms with Crippen molar-refractivity contribution in [3.63, 3.8) is 0 Å². The second-order valence-electron chi connectivity index (χ2n) is 5.40. The summed E-state index contributed by atoms with van der Waals surface area (Å²) in [5, 5.41) is 13.5. The van der Waals surface area contributed by atoms with Crippen molar-refractivity contribution in [3.8, 4) is 10.9 Å². The van der Waals surface area contributed by atoms with Crippen LogP contribution in [0.2, 0.25) is 0 Å². The summed E-state index contributed by atoms with van der Waals surface area (Å²) in [6, 6.07) is 7.57. The molecule has 0 spiro atoms. The summed E-state index contributed by atoms with van der Waals surface area (Å²) in [5.74, 6) is 0.0960. The van der Waals surface area contributed by atoms with Crippen molar-refractivity contribution in [1.82, 2.24) is 9.55 Å². The number of carbonyl (C=O) groups excluding carboxylic acids is 1. The van der Waals surface area contributed by atoms with Gasteiger partial charge in [-0.2, -0.15) is 0 Å². The predicted octanol–water partition coefficient (Wildman–Crippen LogP) is 3.72. The summed E-state index contributed by atoms with van der Waals surface area (Å²) < 4.78 is 7.35. The number of nitro groups is 1. The maximum absolute atomic E-state index is 12.5. The number of carbonyl (C=O) groups is 1. The molecule has 7 nitrogen and oxygen atoms in total. The van der Waals surface area contributed by atoms with Gasteiger partial charge in [0.05, 0.1) is 11.0 Å². The van der Waals surface area contributed by atoms with Crippen molar-refractivity contribution in [3.05, 3.63) is 69.0 Å². The summed E-state index contributed by atoms with van der Waals surface area (Å²) >= 11 is 1.49. The lowest BCUT2D eigenvalue weighted by atomic mass is 10.1. The van der Waals surface area contributed by atoms with E-state index in [9.17, 15) is 14.9 Å². The number of rotatable bonds is 6. The maximum Gasteiger partial charge on any atom is 0.273 e. The Morgan fingerprint density at radius 3 is 2.84 bits per heavy atom. The molecule has 0 amide bonds. The smallest absolute Gasteiger partial charge is 0.273 e. The molecule has 0 atom stereocenters. The molecule has 0 radical (unpaired) electrons. The number of hydrogen-bond donors (Lipinski definition) is 0. The van der Waals surface area contributed by atoms with E-state index in [4.69, 9.17) is 4.74 Å². The van der Waals surface area contributed by atoms with E-state index >= 15 is 0 Å². The highest BCUT2D eigenvalue weighted by molar-refractivity contribution is 7.12. The van der Waals surface area contributed by atoms with Crippen LogP contribution < -0.4 is 4.74 Å². The Bertz CT molecular complexity index is 932. The van der Waals surface area contributed by atoms with E-state index < -0.39 is 4.92 Å². The predicted molar refractivity (Wildman–Crippen MR) is 93.8 cm³/mol. The number of non-ortho nitro benzene ring substituents is 1. The van der Waals surface area contributed by atoms with Gasteiger partial charge < -0.3 is 4.74 Å². The fourth-order valence-corrected chi connectivity index (χ4v) is 3.33. The molecule has 0 N–H and O–H groups in total. The second kappa shape index (κ2) is 6.86. The number of hydrogen-bond acceptors (Lipinski definition) is 6. The van der Waals surface area contributed by atoms with Gasteiger partial charge in [-0.05, 0) is 26.0 Å². The number of ketones is 1. The Morgan fingerprint density at radius 2 is 2.16 bits per heavy atom. The number of Topliss-reactive ketones (excluding diaryl/α,β-unsaturated/α-hetero) is 1. The Kier molecular flexibility index (Phi) is 4.62. The number of thiazole rings is 1. The van der Waals surface area contributed by atoms with Crippen LogP contribution in [0.15, 0.2) is 41.9 Å². The van der Waals surface area contributed by atoms with Gasteiger partial charge in [0.2, 0.25) is 5.78 Å². The van der Waals surface area contributed by atoms with Crippen LogP contribution in [0.25, 0.3) is 5.13 Å². The first kappa shape index (κ1) is 16.8. The van der Waals surface area contributed by atoms with Gasteiger partial charge >= 0.3 is 0 Å². The largest absolute Gasteiger partial charge is 0.485 e. The first-order valence-corrected chi connectivity index (χ1v) is 8.34. The van der Waals surface area contributed by atoms with Gasteiger partial charge in [-0.1, -0.05) is 6.07 Å². The molecule has 0 aliphatic heterocycles. The van der Waals surface area contributed by atoms with Crippen LogP contribution >= 0.6 is 11.3 Å². The molecule has 0 aliphatic rings. The number of nitrogens with zero attached hydrogens (tertiary/aromatic N) is 3. The molecule has 1 aromatic carbocycles. The maximum atomic E-state index is 12.5. The quantitative estimate of drug-likeness (QED) is 0.381. The third kappa shape index (κ3) is 3.43. The van der Waals surface area contributed by atoms with E-state index in [-0.39, 0.29) is 23.8 Å². The molecule has 2 aromatic heterocycles. The second-order valence-corrected chi connectivity index (χ2v) is 6.27. The van der Waals surface area contributed by atoms with E-state index in [0.717, 1.165) is 16.5 Å². The minimum atomic E-state index is -0.504. The molecule has 3 rings (SSSR count). The SMILES string of the molecule is Cc1cc(C(=O)COc2cccc([N+](=O)[O-])c2)c(C)n1-c1nccs1. The molecule has 25 heavy (non-hydrogen) atoms. The Hall–Kier alpha value is -3.00. The lowest BCUT2D eigenvalue weighted by molar-refractivity contribution is -0.384.